The minimum absolute atomic E-state index is 0.178. The normalized spacial score (nSPS) is 17.7. The number of aryl methyl sites for hydroxylation is 1. The second-order valence-electron chi connectivity index (χ2n) is 7.66. The van der Waals surface area contributed by atoms with Crippen molar-refractivity contribution in [1.29, 1.82) is 0 Å². The number of ketones is 1. The Morgan fingerprint density at radius 3 is 2.81 bits per heavy atom. The van der Waals surface area contributed by atoms with Crippen molar-refractivity contribution in [2.24, 2.45) is 5.73 Å². The summed E-state index contributed by atoms with van der Waals surface area (Å²) >= 11 is 0. The lowest BCUT2D eigenvalue weighted by molar-refractivity contribution is 0.0687. The first kappa shape index (κ1) is 20.7. The number of rotatable bonds is 8. The zero-order valence-electron chi connectivity index (χ0n) is 17.5. The highest BCUT2D eigenvalue weighted by Crippen LogP contribution is 2.37. The minimum atomic E-state index is -1.33. The molecule has 4 rings (SSSR count). The van der Waals surface area contributed by atoms with E-state index in [1.54, 1.807) is 18.2 Å². The third kappa shape index (κ3) is 4.64. The van der Waals surface area contributed by atoms with Gasteiger partial charge in [0.1, 0.15) is 0 Å². The fraction of sp³-hybridized carbons (Fsp3) is 0.304. The molecular weight excluding hydrogens is 392 g/mol. The van der Waals surface area contributed by atoms with Crippen LogP contribution in [-0.4, -0.2) is 33.0 Å². The number of nitrogens with two attached hydrogens (primary N) is 1. The maximum absolute atomic E-state index is 12.9. The van der Waals surface area contributed by atoms with E-state index in [9.17, 15) is 4.79 Å². The van der Waals surface area contributed by atoms with Gasteiger partial charge in [0.25, 0.3) is 0 Å². The van der Waals surface area contributed by atoms with Crippen LogP contribution in [0.3, 0.4) is 0 Å². The van der Waals surface area contributed by atoms with Crippen LogP contribution < -0.4 is 15.8 Å². The molecule has 1 atom stereocenters. The zero-order chi connectivity index (χ0) is 21.7. The molecule has 0 spiro atoms. The Labute approximate surface area is 180 Å². The third-order valence-corrected chi connectivity index (χ3v) is 5.31. The average molecular weight is 419 g/mol. The molecule has 3 aromatic rings. The molecule has 0 aliphatic carbocycles. The SMILES string of the molecule is CCCCCc1ccc(C=CC(=O)c2cccc3c2OC(N)(c2nn[nH]n2)CN3)cc1. The van der Waals surface area contributed by atoms with E-state index in [-0.39, 0.29) is 18.2 Å². The second-order valence-corrected chi connectivity index (χ2v) is 7.66. The largest absolute Gasteiger partial charge is 0.460 e. The Bertz CT molecular complexity index is 1060. The smallest absolute Gasteiger partial charge is 0.240 e. The van der Waals surface area contributed by atoms with E-state index in [2.05, 4.69) is 45.0 Å². The second kappa shape index (κ2) is 9.09. The summed E-state index contributed by atoms with van der Waals surface area (Å²) in [6.45, 7) is 2.45. The molecule has 2 aromatic carbocycles. The number of benzene rings is 2. The summed E-state index contributed by atoms with van der Waals surface area (Å²) in [4.78, 5) is 12.9. The van der Waals surface area contributed by atoms with Gasteiger partial charge in [0.05, 0.1) is 17.8 Å². The molecule has 1 aliphatic rings. The van der Waals surface area contributed by atoms with Crippen molar-refractivity contribution in [1.82, 2.24) is 20.6 Å². The summed E-state index contributed by atoms with van der Waals surface area (Å²) in [6.07, 6.45) is 8.09. The molecule has 1 unspecified atom stereocenters. The van der Waals surface area contributed by atoms with Crippen molar-refractivity contribution in [3.63, 3.8) is 0 Å². The van der Waals surface area contributed by atoms with Gasteiger partial charge in [0.2, 0.25) is 11.5 Å². The van der Waals surface area contributed by atoms with Crippen LogP contribution in [0, 0.1) is 0 Å². The number of allylic oxidation sites excluding steroid dienone is 1. The third-order valence-electron chi connectivity index (χ3n) is 5.31. The van der Waals surface area contributed by atoms with Crippen LogP contribution in [0.25, 0.3) is 6.08 Å². The molecule has 8 heteroatoms. The van der Waals surface area contributed by atoms with Gasteiger partial charge in [-0.2, -0.15) is 5.21 Å². The number of para-hydroxylation sites is 1. The van der Waals surface area contributed by atoms with E-state index in [1.807, 2.05) is 24.3 Å². The number of fused-ring (bicyclic) bond motifs is 1. The molecule has 0 radical (unpaired) electrons. The molecule has 31 heavy (non-hydrogen) atoms. The molecular formula is C23H26N6O2. The Kier molecular flexibility index (Phi) is 6.08. The minimum Gasteiger partial charge on any atom is -0.460 e. The lowest BCUT2D eigenvalue weighted by Gasteiger charge is -2.34. The van der Waals surface area contributed by atoms with Gasteiger partial charge in [-0.3, -0.25) is 10.5 Å². The highest BCUT2D eigenvalue weighted by molar-refractivity contribution is 6.09. The fourth-order valence-corrected chi connectivity index (χ4v) is 3.53. The molecule has 0 saturated carbocycles. The van der Waals surface area contributed by atoms with Crippen LogP contribution >= 0.6 is 0 Å². The van der Waals surface area contributed by atoms with Crippen molar-refractivity contribution in [3.05, 3.63) is 71.1 Å². The highest BCUT2D eigenvalue weighted by Gasteiger charge is 2.39. The predicted molar refractivity (Wildman–Crippen MR) is 119 cm³/mol. The quantitative estimate of drug-likeness (QED) is 0.291. The number of hydrogen-bond donors (Lipinski definition) is 3. The van der Waals surface area contributed by atoms with Crippen molar-refractivity contribution < 1.29 is 9.53 Å². The lowest BCUT2D eigenvalue weighted by Crippen LogP contribution is -2.52. The Balaban J connectivity index is 1.50. The van der Waals surface area contributed by atoms with Gasteiger partial charge in [-0.05, 0) is 47.4 Å². The van der Waals surface area contributed by atoms with Crippen molar-refractivity contribution in [2.45, 2.75) is 38.3 Å². The average Bonchev–Trinajstić information content (AvgIpc) is 3.34. The van der Waals surface area contributed by atoms with Gasteiger partial charge < -0.3 is 10.1 Å². The van der Waals surface area contributed by atoms with Gasteiger partial charge in [-0.15, -0.1) is 10.2 Å². The zero-order valence-corrected chi connectivity index (χ0v) is 17.5. The number of tetrazole rings is 1. The van der Waals surface area contributed by atoms with Crippen LogP contribution in [-0.2, 0) is 12.1 Å². The molecule has 1 aromatic heterocycles. The number of anilines is 1. The maximum Gasteiger partial charge on any atom is 0.240 e. The number of unbranched alkanes of at least 4 members (excludes halogenated alkanes) is 2. The van der Waals surface area contributed by atoms with Crippen molar-refractivity contribution in [3.8, 4) is 5.75 Å². The highest BCUT2D eigenvalue weighted by atomic mass is 16.5. The van der Waals surface area contributed by atoms with Crippen LogP contribution in [0.4, 0.5) is 5.69 Å². The number of aromatic nitrogens is 4. The van der Waals surface area contributed by atoms with Gasteiger partial charge >= 0.3 is 0 Å². The molecule has 1 aliphatic heterocycles. The van der Waals surface area contributed by atoms with Gasteiger partial charge in [-0.25, -0.2) is 0 Å². The number of carbonyl (C=O) groups is 1. The number of ether oxygens (including phenoxy) is 1. The van der Waals surface area contributed by atoms with Crippen molar-refractivity contribution >= 4 is 17.5 Å². The van der Waals surface area contributed by atoms with Crippen LogP contribution in [0.2, 0.25) is 0 Å². The summed E-state index contributed by atoms with van der Waals surface area (Å²) in [7, 11) is 0. The summed E-state index contributed by atoms with van der Waals surface area (Å²) < 4.78 is 6.01. The monoisotopic (exact) mass is 418 g/mol. The molecule has 0 bridgehead atoms. The number of carbonyl (C=O) groups excluding carboxylic acids is 1. The Morgan fingerprint density at radius 2 is 2.06 bits per heavy atom. The number of nitrogens with one attached hydrogen (secondary N) is 2. The first-order valence-electron chi connectivity index (χ1n) is 10.5. The summed E-state index contributed by atoms with van der Waals surface area (Å²) in [5.74, 6) is 0.410. The van der Waals surface area contributed by atoms with Crippen LogP contribution in [0.5, 0.6) is 5.75 Å². The van der Waals surface area contributed by atoms with Crippen LogP contribution in [0.1, 0.15) is 53.5 Å². The lowest BCUT2D eigenvalue weighted by atomic mass is 10.0. The number of H-pyrrole nitrogens is 1. The first-order valence-corrected chi connectivity index (χ1v) is 10.5. The van der Waals surface area contributed by atoms with E-state index in [0.29, 0.717) is 17.0 Å². The molecule has 160 valence electrons. The fourth-order valence-electron chi connectivity index (χ4n) is 3.53. The Morgan fingerprint density at radius 1 is 1.23 bits per heavy atom. The predicted octanol–water partition coefficient (Wildman–Crippen LogP) is 3.44. The van der Waals surface area contributed by atoms with Gasteiger partial charge in [0.15, 0.2) is 11.5 Å². The van der Waals surface area contributed by atoms with Crippen molar-refractivity contribution in [2.75, 3.05) is 11.9 Å². The summed E-state index contributed by atoms with van der Waals surface area (Å²) in [6, 6.07) is 13.7. The molecule has 0 fully saturated rings. The summed E-state index contributed by atoms with van der Waals surface area (Å²) in [5.41, 5.74) is 8.40. The van der Waals surface area contributed by atoms with E-state index < -0.39 is 5.72 Å². The standard InChI is InChI=1S/C23H26N6O2/c1-2-3-4-6-16-9-11-17(12-10-16)13-14-20(30)18-7-5-8-19-21(18)31-23(24,15-25-19)22-26-28-29-27-22/h5,7-14,25H,2-4,6,15,24H2,1H3,(H,26,27,28,29). The van der Waals surface area contributed by atoms with E-state index >= 15 is 0 Å². The van der Waals surface area contributed by atoms with E-state index in [4.69, 9.17) is 10.5 Å². The molecule has 2 heterocycles. The number of hydrogen-bond acceptors (Lipinski definition) is 7. The van der Waals surface area contributed by atoms with Gasteiger partial charge in [-0.1, -0.05) is 56.2 Å². The topological polar surface area (TPSA) is 119 Å². The van der Waals surface area contributed by atoms with Gasteiger partial charge in [0, 0.05) is 0 Å². The summed E-state index contributed by atoms with van der Waals surface area (Å²) in [5, 5.41) is 17.0. The molecule has 8 nitrogen and oxygen atoms in total. The Hall–Kier alpha value is -3.52. The maximum atomic E-state index is 12.9. The number of aromatic amines is 1. The van der Waals surface area contributed by atoms with E-state index in [0.717, 1.165) is 12.0 Å². The van der Waals surface area contributed by atoms with Crippen LogP contribution in [0.15, 0.2) is 48.5 Å². The number of nitrogens with zero attached hydrogens (tertiary/aromatic N) is 3. The first-order chi connectivity index (χ1) is 15.1. The molecule has 0 saturated heterocycles. The molecule has 0 amide bonds. The molecule has 4 N–H and O–H groups in total. The van der Waals surface area contributed by atoms with E-state index in [1.165, 1.54) is 24.8 Å².